The maximum absolute atomic E-state index is 13.7. The molecule has 0 radical (unpaired) electrons. The molecule has 0 aliphatic rings. The fourth-order valence-electron chi connectivity index (χ4n) is 1.66. The quantitative estimate of drug-likeness (QED) is 0.763. The van der Waals surface area contributed by atoms with Crippen LogP contribution in [-0.4, -0.2) is 38.3 Å². The number of rotatable bonds is 6. The molecule has 0 heterocycles. The number of carbonyl (C=O) groups is 1. The summed E-state index contributed by atoms with van der Waals surface area (Å²) in [5.41, 5.74) is -0.589. The van der Waals surface area contributed by atoms with E-state index in [0.717, 1.165) is 25.1 Å². The zero-order valence-corrected chi connectivity index (χ0v) is 10.3. The topological polar surface area (TPSA) is 52.6 Å². The first-order chi connectivity index (χ1) is 8.47. The number of halogens is 2. The summed E-state index contributed by atoms with van der Waals surface area (Å²) >= 11 is 0. The predicted octanol–water partition coefficient (Wildman–Crippen LogP) is 1.71. The summed E-state index contributed by atoms with van der Waals surface area (Å²) < 4.78 is 27.3. The number of nitrogens with one attached hydrogen (secondary N) is 1. The second-order valence-electron chi connectivity index (χ2n) is 3.97. The molecule has 1 aromatic carbocycles. The Balaban J connectivity index is 2.92. The van der Waals surface area contributed by atoms with E-state index < -0.39 is 23.2 Å². The minimum Gasteiger partial charge on any atom is -0.478 e. The molecule has 100 valence electrons. The van der Waals surface area contributed by atoms with Crippen LogP contribution in [0.2, 0.25) is 0 Å². The molecule has 0 unspecified atom stereocenters. The van der Waals surface area contributed by atoms with E-state index in [2.05, 4.69) is 5.32 Å². The summed E-state index contributed by atoms with van der Waals surface area (Å²) in [7, 11) is 3.36. The number of carboxylic acid groups (broad SMARTS) is 1. The average Bonchev–Trinajstić information content (AvgIpc) is 2.28. The molecule has 0 fully saturated rings. The van der Waals surface area contributed by atoms with Crippen LogP contribution < -0.4 is 10.2 Å². The minimum atomic E-state index is -1.35. The van der Waals surface area contributed by atoms with Crippen molar-refractivity contribution in [2.75, 3.05) is 32.1 Å². The highest BCUT2D eigenvalue weighted by Crippen LogP contribution is 2.24. The van der Waals surface area contributed by atoms with Crippen molar-refractivity contribution >= 4 is 11.7 Å². The van der Waals surface area contributed by atoms with Crippen molar-refractivity contribution in [2.24, 2.45) is 0 Å². The molecule has 6 heteroatoms. The highest BCUT2D eigenvalue weighted by molar-refractivity contribution is 5.88. The number of nitrogens with zero attached hydrogens (tertiary/aromatic N) is 1. The van der Waals surface area contributed by atoms with Crippen LogP contribution in [0, 0.1) is 11.6 Å². The minimum absolute atomic E-state index is 0.198. The molecule has 0 amide bonds. The molecule has 0 aliphatic heterocycles. The third-order valence-corrected chi connectivity index (χ3v) is 2.57. The van der Waals surface area contributed by atoms with Gasteiger partial charge in [0.1, 0.15) is 17.3 Å². The maximum atomic E-state index is 13.7. The maximum Gasteiger partial charge on any atom is 0.335 e. The highest BCUT2D eigenvalue weighted by atomic mass is 19.1. The number of hydrogen-bond donors (Lipinski definition) is 2. The number of carboxylic acids is 1. The molecule has 1 aromatic rings. The Morgan fingerprint density at radius 3 is 2.39 bits per heavy atom. The lowest BCUT2D eigenvalue weighted by molar-refractivity contribution is 0.0696. The first-order valence-electron chi connectivity index (χ1n) is 5.55. The van der Waals surface area contributed by atoms with E-state index in [4.69, 9.17) is 5.11 Å². The Labute approximate surface area is 104 Å². The molecular formula is C12H16F2N2O2. The highest BCUT2D eigenvalue weighted by Gasteiger charge is 2.17. The SMILES string of the molecule is CNCCCN(C)c1c(F)cc(C(=O)O)cc1F. The van der Waals surface area contributed by atoms with Gasteiger partial charge in [-0.3, -0.25) is 0 Å². The third-order valence-electron chi connectivity index (χ3n) is 2.57. The lowest BCUT2D eigenvalue weighted by Crippen LogP contribution is -2.24. The van der Waals surface area contributed by atoms with Gasteiger partial charge in [0, 0.05) is 13.6 Å². The molecule has 0 aliphatic carbocycles. The average molecular weight is 258 g/mol. The summed E-state index contributed by atoms with van der Waals surface area (Å²) in [4.78, 5) is 12.1. The third kappa shape index (κ3) is 3.40. The van der Waals surface area contributed by atoms with E-state index >= 15 is 0 Å². The van der Waals surface area contributed by atoms with Gasteiger partial charge >= 0.3 is 5.97 Å². The molecule has 0 spiro atoms. The molecule has 0 saturated carbocycles. The van der Waals surface area contributed by atoms with Gasteiger partial charge in [-0.05, 0) is 32.1 Å². The van der Waals surface area contributed by atoms with Gasteiger partial charge in [0.05, 0.1) is 5.56 Å². The number of aromatic carboxylic acids is 1. The second kappa shape index (κ2) is 6.30. The predicted molar refractivity (Wildman–Crippen MR) is 65.1 cm³/mol. The van der Waals surface area contributed by atoms with Crippen LogP contribution in [-0.2, 0) is 0 Å². The Hall–Kier alpha value is -1.69. The zero-order chi connectivity index (χ0) is 13.7. The lowest BCUT2D eigenvalue weighted by Gasteiger charge is -2.20. The second-order valence-corrected chi connectivity index (χ2v) is 3.97. The van der Waals surface area contributed by atoms with Crippen molar-refractivity contribution in [1.29, 1.82) is 0 Å². The van der Waals surface area contributed by atoms with Crippen LogP contribution >= 0.6 is 0 Å². The van der Waals surface area contributed by atoms with Crippen LogP contribution in [0.3, 0.4) is 0 Å². The number of hydrogen-bond acceptors (Lipinski definition) is 3. The molecule has 0 saturated heterocycles. The molecule has 2 N–H and O–H groups in total. The summed E-state index contributed by atoms with van der Waals surface area (Å²) in [5, 5.41) is 11.6. The summed E-state index contributed by atoms with van der Waals surface area (Å²) in [6.45, 7) is 1.21. The Bertz CT molecular complexity index is 415. The van der Waals surface area contributed by atoms with Crippen molar-refractivity contribution in [1.82, 2.24) is 5.32 Å². The van der Waals surface area contributed by atoms with Crippen molar-refractivity contribution in [3.8, 4) is 0 Å². The number of benzene rings is 1. The first-order valence-corrected chi connectivity index (χ1v) is 5.55. The van der Waals surface area contributed by atoms with Gasteiger partial charge in [0.25, 0.3) is 0 Å². The summed E-state index contributed by atoms with van der Waals surface area (Å²) in [6.07, 6.45) is 0.729. The van der Waals surface area contributed by atoms with Gasteiger partial charge in [0.2, 0.25) is 0 Å². The van der Waals surface area contributed by atoms with E-state index in [1.807, 2.05) is 0 Å². The monoisotopic (exact) mass is 258 g/mol. The molecule has 4 nitrogen and oxygen atoms in total. The standard InChI is InChI=1S/C12H16F2N2O2/c1-15-4-3-5-16(2)11-9(13)6-8(12(17)18)7-10(11)14/h6-7,15H,3-5H2,1-2H3,(H,17,18). The largest absolute Gasteiger partial charge is 0.478 e. The van der Waals surface area contributed by atoms with Crippen molar-refractivity contribution in [2.45, 2.75) is 6.42 Å². The van der Waals surface area contributed by atoms with Crippen molar-refractivity contribution in [3.05, 3.63) is 29.3 Å². The van der Waals surface area contributed by atoms with Crippen molar-refractivity contribution in [3.63, 3.8) is 0 Å². The van der Waals surface area contributed by atoms with Crippen molar-refractivity contribution < 1.29 is 18.7 Å². The van der Waals surface area contributed by atoms with E-state index in [0.29, 0.717) is 6.54 Å². The molecule has 18 heavy (non-hydrogen) atoms. The van der Waals surface area contributed by atoms with Gasteiger partial charge < -0.3 is 15.3 Å². The first kappa shape index (κ1) is 14.4. The molecular weight excluding hydrogens is 242 g/mol. The Morgan fingerprint density at radius 1 is 1.39 bits per heavy atom. The van der Waals surface area contributed by atoms with E-state index in [1.165, 1.54) is 4.90 Å². The molecule has 0 aromatic heterocycles. The molecule has 0 atom stereocenters. The van der Waals surface area contributed by atoms with Gasteiger partial charge in [0.15, 0.2) is 0 Å². The van der Waals surface area contributed by atoms with Crippen LogP contribution in [0.4, 0.5) is 14.5 Å². The van der Waals surface area contributed by atoms with E-state index in [-0.39, 0.29) is 5.69 Å². The fourth-order valence-corrected chi connectivity index (χ4v) is 1.66. The van der Waals surface area contributed by atoms with Gasteiger partial charge in [-0.25, -0.2) is 13.6 Å². The van der Waals surface area contributed by atoms with E-state index in [9.17, 15) is 13.6 Å². The van der Waals surface area contributed by atoms with Crippen LogP contribution in [0.5, 0.6) is 0 Å². The normalized spacial score (nSPS) is 10.4. The Kier molecular flexibility index (Phi) is 5.03. The van der Waals surface area contributed by atoms with Crippen LogP contribution in [0.25, 0.3) is 0 Å². The summed E-state index contributed by atoms with van der Waals surface area (Å²) in [5.74, 6) is -3.07. The summed E-state index contributed by atoms with van der Waals surface area (Å²) in [6, 6.07) is 1.66. The van der Waals surface area contributed by atoms with Gasteiger partial charge in [-0.2, -0.15) is 0 Å². The van der Waals surface area contributed by atoms with Gasteiger partial charge in [-0.15, -0.1) is 0 Å². The zero-order valence-electron chi connectivity index (χ0n) is 10.3. The lowest BCUT2D eigenvalue weighted by atomic mass is 10.1. The van der Waals surface area contributed by atoms with E-state index in [1.54, 1.807) is 14.1 Å². The number of anilines is 1. The van der Waals surface area contributed by atoms with Crippen LogP contribution in [0.1, 0.15) is 16.8 Å². The van der Waals surface area contributed by atoms with Crippen LogP contribution in [0.15, 0.2) is 12.1 Å². The molecule has 0 bridgehead atoms. The smallest absolute Gasteiger partial charge is 0.335 e. The van der Waals surface area contributed by atoms with Gasteiger partial charge in [-0.1, -0.05) is 0 Å². The Morgan fingerprint density at radius 2 is 1.94 bits per heavy atom. The molecule has 1 rings (SSSR count). The fraction of sp³-hybridized carbons (Fsp3) is 0.417.